The van der Waals surface area contributed by atoms with Gasteiger partial charge < -0.3 is 5.32 Å². The van der Waals surface area contributed by atoms with Gasteiger partial charge in [-0.15, -0.1) is 0 Å². The topological polar surface area (TPSA) is 12.0 Å². The van der Waals surface area contributed by atoms with Crippen LogP contribution in [0.4, 0.5) is 4.39 Å². The molecule has 1 unspecified atom stereocenters. The van der Waals surface area contributed by atoms with Crippen LogP contribution in [0.3, 0.4) is 0 Å². The van der Waals surface area contributed by atoms with Crippen molar-refractivity contribution in [3.8, 4) is 0 Å². The summed E-state index contributed by atoms with van der Waals surface area (Å²) >= 11 is 0. The zero-order valence-electron chi connectivity index (χ0n) is 9.67. The van der Waals surface area contributed by atoms with Crippen molar-refractivity contribution in [2.45, 2.75) is 32.2 Å². The first-order valence-corrected chi connectivity index (χ1v) is 5.99. The predicted molar refractivity (Wildman–Crippen MR) is 64.8 cm³/mol. The fourth-order valence-electron chi connectivity index (χ4n) is 2.31. The molecule has 2 rings (SSSR count). The molecule has 1 aromatic rings. The molecule has 0 aromatic heterocycles. The molecule has 1 atom stereocenters. The van der Waals surface area contributed by atoms with Crippen molar-refractivity contribution in [3.63, 3.8) is 0 Å². The van der Waals surface area contributed by atoms with Crippen molar-refractivity contribution in [2.75, 3.05) is 6.54 Å². The molecule has 0 saturated carbocycles. The lowest BCUT2D eigenvalue weighted by atomic mass is 9.98. The smallest absolute Gasteiger partial charge is 0.123 e. The fraction of sp³-hybridized carbons (Fsp3) is 0.429. The molecule has 0 fully saturated rings. The molecule has 0 saturated heterocycles. The molecule has 0 amide bonds. The van der Waals surface area contributed by atoms with Crippen LogP contribution in [-0.2, 0) is 0 Å². The van der Waals surface area contributed by atoms with Crippen LogP contribution < -0.4 is 5.32 Å². The maximum Gasteiger partial charge on any atom is 0.123 e. The van der Waals surface area contributed by atoms with Gasteiger partial charge in [0.2, 0.25) is 0 Å². The van der Waals surface area contributed by atoms with Crippen molar-refractivity contribution in [1.29, 1.82) is 0 Å². The third kappa shape index (κ3) is 2.50. The number of rotatable bonds is 4. The van der Waals surface area contributed by atoms with E-state index in [0.29, 0.717) is 0 Å². The van der Waals surface area contributed by atoms with Crippen LogP contribution in [0, 0.1) is 5.82 Å². The Hall–Kier alpha value is -1.15. The summed E-state index contributed by atoms with van der Waals surface area (Å²) in [4.78, 5) is 0. The van der Waals surface area contributed by atoms with Crippen molar-refractivity contribution < 1.29 is 4.39 Å². The van der Waals surface area contributed by atoms with E-state index < -0.39 is 0 Å². The molecule has 16 heavy (non-hydrogen) atoms. The lowest BCUT2D eigenvalue weighted by Gasteiger charge is -2.20. The molecule has 1 N–H and O–H groups in total. The van der Waals surface area contributed by atoms with Gasteiger partial charge >= 0.3 is 0 Å². The van der Waals surface area contributed by atoms with Gasteiger partial charge in [0.05, 0.1) is 6.04 Å². The summed E-state index contributed by atoms with van der Waals surface area (Å²) in [6, 6.07) is 7.10. The van der Waals surface area contributed by atoms with Crippen LogP contribution in [0.5, 0.6) is 0 Å². The Labute approximate surface area is 96.4 Å². The number of allylic oxidation sites excluding steroid dienone is 1. The molecule has 0 radical (unpaired) electrons. The van der Waals surface area contributed by atoms with Crippen molar-refractivity contribution in [1.82, 2.24) is 5.32 Å². The van der Waals surface area contributed by atoms with Gasteiger partial charge in [-0.25, -0.2) is 4.39 Å². The van der Waals surface area contributed by atoms with E-state index in [1.807, 2.05) is 6.07 Å². The number of halogens is 1. The van der Waals surface area contributed by atoms with Crippen LogP contribution in [0.15, 0.2) is 35.9 Å². The minimum atomic E-state index is -0.154. The van der Waals surface area contributed by atoms with E-state index in [2.05, 4.69) is 18.3 Å². The molecule has 0 aliphatic heterocycles. The minimum Gasteiger partial charge on any atom is -0.307 e. The van der Waals surface area contributed by atoms with E-state index in [4.69, 9.17) is 0 Å². The summed E-state index contributed by atoms with van der Waals surface area (Å²) < 4.78 is 13.2. The number of hydrogen-bond acceptors (Lipinski definition) is 1. The van der Waals surface area contributed by atoms with E-state index in [-0.39, 0.29) is 11.9 Å². The van der Waals surface area contributed by atoms with Crippen LogP contribution in [0.1, 0.15) is 37.8 Å². The number of nitrogens with one attached hydrogen (secondary N) is 1. The fourth-order valence-corrected chi connectivity index (χ4v) is 2.31. The average molecular weight is 219 g/mol. The van der Waals surface area contributed by atoms with E-state index in [0.717, 1.165) is 24.9 Å². The first kappa shape index (κ1) is 11.3. The van der Waals surface area contributed by atoms with Crippen molar-refractivity contribution in [3.05, 3.63) is 47.3 Å². The second-order valence-corrected chi connectivity index (χ2v) is 4.22. The second-order valence-electron chi connectivity index (χ2n) is 4.22. The van der Waals surface area contributed by atoms with Crippen LogP contribution in [-0.4, -0.2) is 6.54 Å². The van der Waals surface area contributed by atoms with Gasteiger partial charge in [0.25, 0.3) is 0 Å². The first-order valence-electron chi connectivity index (χ1n) is 5.99. The second kappa shape index (κ2) is 5.26. The average Bonchev–Trinajstić information content (AvgIpc) is 2.79. The lowest BCUT2D eigenvalue weighted by Crippen LogP contribution is -2.22. The van der Waals surface area contributed by atoms with Crippen LogP contribution >= 0.6 is 0 Å². The molecule has 1 aliphatic rings. The monoisotopic (exact) mass is 219 g/mol. The first-order chi connectivity index (χ1) is 7.81. The van der Waals surface area contributed by atoms with Gasteiger partial charge in [0.1, 0.15) is 5.82 Å². The summed E-state index contributed by atoms with van der Waals surface area (Å²) in [5.74, 6) is -0.154. The molecule has 1 nitrogen and oxygen atoms in total. The number of benzene rings is 1. The minimum absolute atomic E-state index is 0.154. The Morgan fingerprint density at radius 2 is 2.31 bits per heavy atom. The largest absolute Gasteiger partial charge is 0.307 e. The van der Waals surface area contributed by atoms with E-state index in [9.17, 15) is 4.39 Å². The van der Waals surface area contributed by atoms with Crippen LogP contribution in [0.25, 0.3) is 0 Å². The van der Waals surface area contributed by atoms with E-state index in [1.54, 1.807) is 12.1 Å². The van der Waals surface area contributed by atoms with Gasteiger partial charge in [-0.1, -0.05) is 30.7 Å². The Morgan fingerprint density at radius 1 is 1.44 bits per heavy atom. The van der Waals surface area contributed by atoms with Crippen molar-refractivity contribution in [2.24, 2.45) is 0 Å². The zero-order chi connectivity index (χ0) is 11.4. The number of hydrogen-bond donors (Lipinski definition) is 1. The standard InChI is InChI=1S/C14H18FN/c1-2-16-14(11-6-3-4-7-11)12-8-5-9-13(15)10-12/h5-6,8-10,14,16H,2-4,7H2,1H3. The summed E-state index contributed by atoms with van der Waals surface area (Å²) in [6.45, 7) is 2.99. The van der Waals surface area contributed by atoms with Crippen LogP contribution in [0.2, 0.25) is 0 Å². The molecule has 0 heterocycles. The molecule has 86 valence electrons. The Kier molecular flexibility index (Phi) is 3.73. The highest BCUT2D eigenvalue weighted by molar-refractivity contribution is 5.30. The summed E-state index contributed by atoms with van der Waals surface area (Å²) in [5, 5.41) is 3.43. The van der Waals surface area contributed by atoms with Gasteiger partial charge in [0, 0.05) is 0 Å². The van der Waals surface area contributed by atoms with Gasteiger partial charge in [-0.05, 0) is 43.5 Å². The normalized spacial score (nSPS) is 17.2. The third-order valence-corrected chi connectivity index (χ3v) is 3.04. The van der Waals surface area contributed by atoms with Crippen molar-refractivity contribution >= 4 is 0 Å². The molecule has 2 heteroatoms. The predicted octanol–water partition coefficient (Wildman–Crippen LogP) is 3.59. The Balaban J connectivity index is 2.24. The third-order valence-electron chi connectivity index (χ3n) is 3.04. The Bertz CT molecular complexity index is 384. The van der Waals surface area contributed by atoms with Gasteiger partial charge in [-0.2, -0.15) is 0 Å². The van der Waals surface area contributed by atoms with Gasteiger partial charge in [-0.3, -0.25) is 0 Å². The molecule has 0 bridgehead atoms. The summed E-state index contributed by atoms with van der Waals surface area (Å²) in [6.07, 6.45) is 5.81. The highest BCUT2D eigenvalue weighted by atomic mass is 19.1. The Morgan fingerprint density at radius 3 is 2.94 bits per heavy atom. The molecule has 1 aromatic carbocycles. The molecular formula is C14H18FN. The van der Waals surface area contributed by atoms with E-state index >= 15 is 0 Å². The summed E-state index contributed by atoms with van der Waals surface area (Å²) in [7, 11) is 0. The molecule has 0 spiro atoms. The molecule has 1 aliphatic carbocycles. The highest BCUT2D eigenvalue weighted by Gasteiger charge is 2.18. The quantitative estimate of drug-likeness (QED) is 0.763. The maximum absolute atomic E-state index is 13.2. The van der Waals surface area contributed by atoms with Gasteiger partial charge in [0.15, 0.2) is 0 Å². The SMILES string of the molecule is CCNC(C1=CCCC1)c1cccc(F)c1. The summed E-state index contributed by atoms with van der Waals surface area (Å²) in [5.41, 5.74) is 2.45. The zero-order valence-corrected chi connectivity index (χ0v) is 9.67. The highest BCUT2D eigenvalue weighted by Crippen LogP contribution is 2.30. The maximum atomic E-state index is 13.2. The number of likely N-dealkylation sites (N-methyl/N-ethyl adjacent to an activating group) is 1. The van der Waals surface area contributed by atoms with E-state index in [1.165, 1.54) is 18.1 Å². The molecular weight excluding hydrogens is 201 g/mol. The lowest BCUT2D eigenvalue weighted by molar-refractivity contribution is 0.589.